The Morgan fingerprint density at radius 2 is 1.24 bits per heavy atom. The quantitative estimate of drug-likeness (QED) is 0.167. The van der Waals surface area contributed by atoms with E-state index in [0.29, 0.717) is 25.8 Å². The van der Waals surface area contributed by atoms with Crippen molar-refractivity contribution in [3.8, 4) is 0 Å². The van der Waals surface area contributed by atoms with Crippen LogP contribution in [0.25, 0.3) is 0 Å². The molecule has 1 rings (SSSR count). The standard InChI is InChI=1S/C9H11NO2.C5H12N2O2.C3H7NO3.C3H8O2/c10-8(9(11)12)6-7-4-2-1-3-5-7;6-3-1-2-4(7)5(8)9;4-2(1-5)3(6)7;1-3(5)2-4/h1-5,8H,6,10H2,(H,11,12);4H,1-3,6-7H2,(H,8,9);2,5H,1,4H2,(H,6,7);3-5H,2H2,1H3. The van der Waals surface area contributed by atoms with Crippen LogP contribution in [0, 0.1) is 0 Å². The van der Waals surface area contributed by atoms with E-state index in [9.17, 15) is 14.4 Å². The normalized spacial score (nSPS) is 13.2. The Kier molecular flexibility index (Phi) is 23.9. The topological polar surface area (TPSA) is 277 Å². The number of aliphatic hydroxyl groups excluding tert-OH is 3. The van der Waals surface area contributed by atoms with Crippen LogP contribution in [0.2, 0.25) is 0 Å². The predicted molar refractivity (Wildman–Crippen MR) is 121 cm³/mol. The van der Waals surface area contributed by atoms with Crippen molar-refractivity contribution in [2.24, 2.45) is 22.9 Å². The van der Waals surface area contributed by atoms with Crippen LogP contribution >= 0.6 is 0 Å². The fourth-order valence-electron chi connectivity index (χ4n) is 1.49. The van der Waals surface area contributed by atoms with Crippen molar-refractivity contribution in [2.75, 3.05) is 19.8 Å². The minimum atomic E-state index is -1.18. The maximum atomic E-state index is 10.4. The first-order valence-electron chi connectivity index (χ1n) is 9.92. The molecular formula is C20H38N4O9. The van der Waals surface area contributed by atoms with E-state index in [1.165, 1.54) is 6.92 Å². The number of benzene rings is 1. The molecule has 4 unspecified atom stereocenters. The van der Waals surface area contributed by atoms with Crippen LogP contribution in [-0.2, 0) is 20.8 Å². The van der Waals surface area contributed by atoms with Gasteiger partial charge in [0.2, 0.25) is 0 Å². The van der Waals surface area contributed by atoms with Crippen molar-refractivity contribution in [1.29, 1.82) is 0 Å². The van der Waals surface area contributed by atoms with E-state index in [1.54, 1.807) is 0 Å². The summed E-state index contributed by atoms with van der Waals surface area (Å²) in [5.41, 5.74) is 21.3. The first-order valence-corrected chi connectivity index (χ1v) is 9.92. The summed E-state index contributed by atoms with van der Waals surface area (Å²) in [5, 5.41) is 48.7. The van der Waals surface area contributed by atoms with E-state index < -0.39 is 48.7 Å². The summed E-state index contributed by atoms with van der Waals surface area (Å²) in [6.07, 6.45) is 0.963. The van der Waals surface area contributed by atoms with Gasteiger partial charge in [-0.15, -0.1) is 0 Å². The Labute approximate surface area is 192 Å². The molecule has 1 aromatic rings. The van der Waals surface area contributed by atoms with Gasteiger partial charge < -0.3 is 53.6 Å². The van der Waals surface area contributed by atoms with Crippen molar-refractivity contribution in [2.45, 2.75) is 50.4 Å². The van der Waals surface area contributed by atoms with Crippen LogP contribution in [0.5, 0.6) is 0 Å². The largest absolute Gasteiger partial charge is 0.480 e. The molecular weight excluding hydrogens is 440 g/mol. The molecule has 13 heteroatoms. The molecule has 13 nitrogen and oxygen atoms in total. The summed E-state index contributed by atoms with van der Waals surface area (Å²) in [7, 11) is 0. The molecule has 0 aromatic heterocycles. The Morgan fingerprint density at radius 1 is 0.818 bits per heavy atom. The second kappa shape index (κ2) is 22.5. The number of carbonyl (C=O) groups is 3. The Bertz CT molecular complexity index is 633. The van der Waals surface area contributed by atoms with E-state index in [4.69, 9.17) is 53.6 Å². The van der Waals surface area contributed by atoms with E-state index in [1.807, 2.05) is 30.3 Å². The molecule has 0 amide bonds. The van der Waals surface area contributed by atoms with E-state index in [0.717, 1.165) is 5.56 Å². The van der Waals surface area contributed by atoms with Gasteiger partial charge in [-0.1, -0.05) is 30.3 Å². The van der Waals surface area contributed by atoms with Gasteiger partial charge in [0.05, 0.1) is 19.3 Å². The highest BCUT2D eigenvalue weighted by atomic mass is 16.4. The van der Waals surface area contributed by atoms with Crippen LogP contribution in [-0.4, -0.2) is 92.5 Å². The lowest BCUT2D eigenvalue weighted by molar-refractivity contribution is -0.140. The minimum Gasteiger partial charge on any atom is -0.480 e. The molecule has 4 atom stereocenters. The number of aliphatic carboxylic acids is 3. The number of aliphatic hydroxyl groups is 3. The minimum absolute atomic E-state index is 0.139. The lowest BCUT2D eigenvalue weighted by Gasteiger charge is -2.04. The van der Waals surface area contributed by atoms with Gasteiger partial charge in [-0.2, -0.15) is 0 Å². The van der Waals surface area contributed by atoms with E-state index in [2.05, 4.69) is 0 Å². The van der Waals surface area contributed by atoms with Crippen LogP contribution in [0.1, 0.15) is 25.3 Å². The van der Waals surface area contributed by atoms with Gasteiger partial charge in [0.1, 0.15) is 18.1 Å². The first kappa shape index (κ1) is 35.0. The third kappa shape index (κ3) is 25.5. The maximum Gasteiger partial charge on any atom is 0.322 e. The Balaban J connectivity index is -0.000000384. The van der Waals surface area contributed by atoms with Crippen molar-refractivity contribution < 1.29 is 45.0 Å². The first-order chi connectivity index (χ1) is 15.3. The van der Waals surface area contributed by atoms with Gasteiger partial charge in [0.25, 0.3) is 0 Å². The second-order valence-electron chi connectivity index (χ2n) is 6.67. The zero-order valence-corrected chi connectivity index (χ0v) is 18.7. The van der Waals surface area contributed by atoms with Gasteiger partial charge in [0, 0.05) is 0 Å². The molecule has 0 saturated carbocycles. The number of nitrogens with two attached hydrogens (primary N) is 4. The van der Waals surface area contributed by atoms with Crippen LogP contribution in [0.15, 0.2) is 30.3 Å². The van der Waals surface area contributed by atoms with Gasteiger partial charge in [-0.3, -0.25) is 14.4 Å². The summed E-state index contributed by atoms with van der Waals surface area (Å²) in [6.45, 7) is 1.39. The van der Waals surface area contributed by atoms with Crippen LogP contribution < -0.4 is 22.9 Å². The average Bonchev–Trinajstić information content (AvgIpc) is 2.78. The number of carboxylic acid groups (broad SMARTS) is 3. The van der Waals surface area contributed by atoms with Gasteiger partial charge >= 0.3 is 17.9 Å². The third-order valence-corrected chi connectivity index (χ3v) is 3.43. The van der Waals surface area contributed by atoms with Crippen molar-refractivity contribution >= 4 is 17.9 Å². The fourth-order valence-corrected chi connectivity index (χ4v) is 1.49. The molecule has 0 bridgehead atoms. The summed E-state index contributed by atoms with van der Waals surface area (Å²) in [5.74, 6) is -3.09. The van der Waals surface area contributed by atoms with Crippen molar-refractivity contribution in [3.05, 3.63) is 35.9 Å². The van der Waals surface area contributed by atoms with Crippen LogP contribution in [0.3, 0.4) is 0 Å². The summed E-state index contributed by atoms with van der Waals surface area (Å²) < 4.78 is 0. The summed E-state index contributed by atoms with van der Waals surface area (Å²) in [4.78, 5) is 30.1. The number of hydrogen-bond acceptors (Lipinski definition) is 10. The van der Waals surface area contributed by atoms with E-state index in [-0.39, 0.29) is 6.61 Å². The summed E-state index contributed by atoms with van der Waals surface area (Å²) >= 11 is 0. The van der Waals surface area contributed by atoms with Crippen LogP contribution in [0.4, 0.5) is 0 Å². The van der Waals surface area contributed by atoms with Gasteiger partial charge in [-0.25, -0.2) is 0 Å². The second-order valence-corrected chi connectivity index (χ2v) is 6.67. The van der Waals surface area contributed by atoms with Crippen molar-refractivity contribution in [1.82, 2.24) is 0 Å². The molecule has 0 aliphatic rings. The smallest absolute Gasteiger partial charge is 0.322 e. The van der Waals surface area contributed by atoms with Gasteiger partial charge in [-0.05, 0) is 38.3 Å². The monoisotopic (exact) mass is 478 g/mol. The molecule has 0 aliphatic heterocycles. The highest BCUT2D eigenvalue weighted by Crippen LogP contribution is 2.01. The van der Waals surface area contributed by atoms with Gasteiger partial charge in [0.15, 0.2) is 0 Å². The number of carboxylic acids is 3. The number of hydrogen-bond donors (Lipinski definition) is 10. The molecule has 0 heterocycles. The number of rotatable bonds is 10. The molecule has 0 saturated heterocycles. The molecule has 33 heavy (non-hydrogen) atoms. The maximum absolute atomic E-state index is 10.4. The summed E-state index contributed by atoms with van der Waals surface area (Å²) in [6, 6.07) is 6.68. The molecule has 0 spiro atoms. The zero-order chi connectivity index (χ0) is 26.4. The highest BCUT2D eigenvalue weighted by molar-refractivity contribution is 5.73. The fraction of sp³-hybridized carbons (Fsp3) is 0.550. The molecule has 1 aromatic carbocycles. The zero-order valence-electron chi connectivity index (χ0n) is 18.7. The average molecular weight is 479 g/mol. The highest BCUT2D eigenvalue weighted by Gasteiger charge is 2.11. The SMILES string of the molecule is CC(O)CO.NC(CO)C(=O)O.NC(Cc1ccccc1)C(=O)O.NCCCC(N)C(=O)O. The molecule has 192 valence electrons. The molecule has 0 aliphatic carbocycles. The predicted octanol–water partition coefficient (Wildman–Crippen LogP) is -2.47. The Hall–Kier alpha value is -2.65. The molecule has 0 radical (unpaired) electrons. The Morgan fingerprint density at radius 3 is 1.52 bits per heavy atom. The third-order valence-electron chi connectivity index (χ3n) is 3.43. The van der Waals surface area contributed by atoms with Crippen molar-refractivity contribution in [3.63, 3.8) is 0 Å². The van der Waals surface area contributed by atoms with E-state index >= 15 is 0 Å². The molecule has 0 fully saturated rings. The molecule has 14 N–H and O–H groups in total. The lowest BCUT2D eigenvalue weighted by atomic mass is 10.1. The lowest BCUT2D eigenvalue weighted by Crippen LogP contribution is -2.33.